The minimum absolute atomic E-state index is 0.0192. The number of amides is 2. The van der Waals surface area contributed by atoms with Gasteiger partial charge in [-0.2, -0.15) is 0 Å². The predicted molar refractivity (Wildman–Crippen MR) is 172 cm³/mol. The molecular formula is C32H37Cl2N3O6S. The predicted octanol–water partition coefficient (Wildman–Crippen LogP) is 6.07. The molecule has 236 valence electrons. The van der Waals surface area contributed by atoms with E-state index in [-0.39, 0.29) is 34.8 Å². The number of ether oxygens (including phenoxy) is 2. The first kappa shape index (κ1) is 33.4. The lowest BCUT2D eigenvalue weighted by Crippen LogP contribution is -2.53. The zero-order chi connectivity index (χ0) is 31.9. The van der Waals surface area contributed by atoms with E-state index in [0.717, 1.165) is 36.4 Å². The van der Waals surface area contributed by atoms with Gasteiger partial charge in [0.1, 0.15) is 24.1 Å². The van der Waals surface area contributed by atoms with Crippen molar-refractivity contribution in [3.8, 4) is 11.5 Å². The van der Waals surface area contributed by atoms with E-state index >= 15 is 0 Å². The third-order valence-corrected chi connectivity index (χ3v) is 10.1. The van der Waals surface area contributed by atoms with Crippen LogP contribution in [0, 0.1) is 0 Å². The summed E-state index contributed by atoms with van der Waals surface area (Å²) in [6, 6.07) is 16.4. The van der Waals surface area contributed by atoms with Crippen molar-refractivity contribution in [2.45, 2.75) is 62.6 Å². The number of sulfonamides is 1. The molecule has 12 heteroatoms. The van der Waals surface area contributed by atoms with E-state index < -0.39 is 28.5 Å². The highest BCUT2D eigenvalue weighted by atomic mass is 35.5. The lowest BCUT2D eigenvalue weighted by molar-refractivity contribution is -0.139. The second kappa shape index (κ2) is 15.0. The molecule has 0 radical (unpaired) electrons. The summed E-state index contributed by atoms with van der Waals surface area (Å²) in [5, 5.41) is 3.82. The molecule has 2 amide bonds. The van der Waals surface area contributed by atoms with E-state index in [4.69, 9.17) is 32.7 Å². The maximum atomic E-state index is 14.3. The molecule has 0 aromatic heterocycles. The normalized spacial score (nSPS) is 14.4. The van der Waals surface area contributed by atoms with Gasteiger partial charge in [0.25, 0.3) is 10.0 Å². The SMILES string of the molecule is COc1ccc(OC)c(N(CC(=O)N(Cc2ccc(Cl)cc2Cl)[C@@H](C)C(=O)NC2CCCCC2)S(=O)(=O)c2ccccc2)c1. The fourth-order valence-electron chi connectivity index (χ4n) is 5.21. The number of nitrogens with one attached hydrogen (secondary N) is 1. The van der Waals surface area contributed by atoms with E-state index in [1.54, 1.807) is 55.5 Å². The van der Waals surface area contributed by atoms with Gasteiger partial charge in [-0.15, -0.1) is 0 Å². The maximum Gasteiger partial charge on any atom is 0.264 e. The quantitative estimate of drug-likeness (QED) is 0.253. The molecule has 3 aromatic rings. The van der Waals surface area contributed by atoms with Gasteiger partial charge in [-0.25, -0.2) is 8.42 Å². The molecule has 4 rings (SSSR count). The standard InChI is InChI=1S/C32H37Cl2N3O6S/c1-22(32(39)35-25-10-6-4-7-11-25)36(20-23-14-15-24(33)18-28(23)34)31(38)21-37(44(40,41)27-12-8-5-9-13-27)29-19-26(42-2)16-17-30(29)43-3/h5,8-9,12-19,22,25H,4,6-7,10-11,20-21H2,1-3H3,(H,35,39)/t22-/m0/s1. The van der Waals surface area contributed by atoms with Crippen LogP contribution in [0.2, 0.25) is 10.0 Å². The molecular weight excluding hydrogens is 625 g/mol. The van der Waals surface area contributed by atoms with Crippen molar-refractivity contribution in [1.82, 2.24) is 10.2 Å². The average Bonchev–Trinajstić information content (AvgIpc) is 3.03. The van der Waals surface area contributed by atoms with Crippen molar-refractivity contribution in [3.63, 3.8) is 0 Å². The molecule has 0 aliphatic heterocycles. The highest BCUT2D eigenvalue weighted by Crippen LogP contribution is 2.36. The van der Waals surface area contributed by atoms with E-state index in [9.17, 15) is 18.0 Å². The van der Waals surface area contributed by atoms with Crippen LogP contribution in [0.4, 0.5) is 5.69 Å². The van der Waals surface area contributed by atoms with Gasteiger partial charge in [0.2, 0.25) is 11.8 Å². The summed E-state index contributed by atoms with van der Waals surface area (Å²) in [4.78, 5) is 29.1. The van der Waals surface area contributed by atoms with Crippen molar-refractivity contribution in [2.24, 2.45) is 0 Å². The molecule has 1 atom stereocenters. The second-order valence-corrected chi connectivity index (χ2v) is 13.3. The number of rotatable bonds is 12. The summed E-state index contributed by atoms with van der Waals surface area (Å²) >= 11 is 12.6. The molecule has 3 aromatic carbocycles. The molecule has 0 heterocycles. The Kier molecular flexibility index (Phi) is 11.4. The van der Waals surface area contributed by atoms with Crippen molar-refractivity contribution < 1.29 is 27.5 Å². The summed E-state index contributed by atoms with van der Waals surface area (Å²) in [5.74, 6) is -0.363. The van der Waals surface area contributed by atoms with Gasteiger partial charge in [0, 0.05) is 28.7 Å². The minimum atomic E-state index is -4.29. The number of anilines is 1. The van der Waals surface area contributed by atoms with Crippen molar-refractivity contribution in [1.29, 1.82) is 0 Å². The van der Waals surface area contributed by atoms with Gasteiger partial charge in [-0.05, 0) is 61.7 Å². The summed E-state index contributed by atoms with van der Waals surface area (Å²) in [6.45, 7) is 0.942. The number of halogens is 2. The van der Waals surface area contributed by atoms with Crippen LogP contribution in [0.1, 0.15) is 44.6 Å². The van der Waals surface area contributed by atoms with Crippen LogP contribution in [0.15, 0.2) is 71.6 Å². The molecule has 0 bridgehead atoms. The van der Waals surface area contributed by atoms with Crippen molar-refractivity contribution in [2.75, 3.05) is 25.1 Å². The van der Waals surface area contributed by atoms with Gasteiger partial charge >= 0.3 is 0 Å². The number of hydrogen-bond acceptors (Lipinski definition) is 6. The Balaban J connectivity index is 1.75. The minimum Gasteiger partial charge on any atom is -0.497 e. The Morgan fingerprint density at radius 1 is 0.955 bits per heavy atom. The zero-order valence-electron chi connectivity index (χ0n) is 25.0. The Morgan fingerprint density at radius 3 is 2.30 bits per heavy atom. The number of benzene rings is 3. The smallest absolute Gasteiger partial charge is 0.264 e. The van der Waals surface area contributed by atoms with Crippen molar-refractivity contribution >= 4 is 50.7 Å². The fourth-order valence-corrected chi connectivity index (χ4v) is 7.12. The highest BCUT2D eigenvalue weighted by Gasteiger charge is 2.35. The number of nitrogens with zero attached hydrogens (tertiary/aromatic N) is 2. The summed E-state index contributed by atoms with van der Waals surface area (Å²) in [5.41, 5.74) is 0.658. The Morgan fingerprint density at radius 2 is 1.66 bits per heavy atom. The third-order valence-electron chi connectivity index (χ3n) is 7.74. The fraction of sp³-hybridized carbons (Fsp3) is 0.375. The number of hydrogen-bond donors (Lipinski definition) is 1. The number of carbonyl (C=O) groups excluding carboxylic acids is 2. The van der Waals surface area contributed by atoms with Crippen LogP contribution < -0.4 is 19.1 Å². The van der Waals surface area contributed by atoms with Gasteiger partial charge < -0.3 is 19.7 Å². The lowest BCUT2D eigenvalue weighted by Gasteiger charge is -2.33. The van der Waals surface area contributed by atoms with E-state index in [1.165, 1.54) is 37.3 Å². The van der Waals surface area contributed by atoms with E-state index in [1.807, 2.05) is 0 Å². The first-order chi connectivity index (χ1) is 21.0. The molecule has 1 saturated carbocycles. The monoisotopic (exact) mass is 661 g/mol. The van der Waals surface area contributed by atoms with Crippen LogP contribution in [0.5, 0.6) is 11.5 Å². The number of carbonyl (C=O) groups is 2. The second-order valence-electron chi connectivity index (χ2n) is 10.6. The zero-order valence-corrected chi connectivity index (χ0v) is 27.3. The van der Waals surface area contributed by atoms with Crippen LogP contribution in [-0.4, -0.2) is 58.0 Å². The van der Waals surface area contributed by atoms with E-state index in [2.05, 4.69) is 5.32 Å². The summed E-state index contributed by atoms with van der Waals surface area (Å²) < 4.78 is 40.1. The number of methoxy groups -OCH3 is 2. The molecule has 1 fully saturated rings. The topological polar surface area (TPSA) is 105 Å². The van der Waals surface area contributed by atoms with E-state index in [0.29, 0.717) is 21.4 Å². The molecule has 44 heavy (non-hydrogen) atoms. The molecule has 1 aliphatic rings. The maximum absolute atomic E-state index is 14.3. The van der Waals surface area contributed by atoms with Gasteiger partial charge in [-0.1, -0.05) is 66.7 Å². The van der Waals surface area contributed by atoms with Gasteiger partial charge in [-0.3, -0.25) is 13.9 Å². The van der Waals surface area contributed by atoms with Gasteiger partial charge in [0.15, 0.2) is 0 Å². The van der Waals surface area contributed by atoms with Crippen LogP contribution in [0.3, 0.4) is 0 Å². The molecule has 0 unspecified atom stereocenters. The van der Waals surface area contributed by atoms with Crippen LogP contribution >= 0.6 is 23.2 Å². The Hall–Kier alpha value is -3.47. The Labute approximate surface area is 269 Å². The summed E-state index contributed by atoms with van der Waals surface area (Å²) in [6.07, 6.45) is 4.91. The summed E-state index contributed by atoms with van der Waals surface area (Å²) in [7, 11) is -1.42. The first-order valence-electron chi connectivity index (χ1n) is 14.4. The van der Waals surface area contributed by atoms with Gasteiger partial charge in [0.05, 0.1) is 24.8 Å². The average molecular weight is 663 g/mol. The molecule has 9 nitrogen and oxygen atoms in total. The van der Waals surface area contributed by atoms with Crippen LogP contribution in [-0.2, 0) is 26.2 Å². The lowest BCUT2D eigenvalue weighted by atomic mass is 9.95. The largest absolute Gasteiger partial charge is 0.497 e. The molecule has 1 N–H and O–H groups in total. The van der Waals surface area contributed by atoms with Crippen molar-refractivity contribution in [3.05, 3.63) is 82.3 Å². The Bertz CT molecular complexity index is 1570. The van der Waals surface area contributed by atoms with Crippen LogP contribution in [0.25, 0.3) is 0 Å². The molecule has 0 spiro atoms. The third kappa shape index (κ3) is 7.97. The first-order valence-corrected chi connectivity index (χ1v) is 16.6. The molecule has 1 aliphatic carbocycles. The molecule has 0 saturated heterocycles. The highest BCUT2D eigenvalue weighted by molar-refractivity contribution is 7.92.